The minimum atomic E-state index is -3.73. The lowest BCUT2D eigenvalue weighted by Gasteiger charge is -2.30. The van der Waals surface area contributed by atoms with Crippen molar-refractivity contribution < 1.29 is 17.6 Å². The van der Waals surface area contributed by atoms with Crippen LogP contribution in [0.3, 0.4) is 0 Å². The molecule has 2 atom stereocenters. The fraction of sp³-hybridized carbons (Fsp3) is 0.600. The zero-order chi connectivity index (χ0) is 21.4. The van der Waals surface area contributed by atoms with Gasteiger partial charge >= 0.3 is 0 Å². The van der Waals surface area contributed by atoms with Crippen LogP contribution in [-0.4, -0.2) is 51.7 Å². The number of guanidine groups is 1. The second-order valence-corrected chi connectivity index (χ2v) is 9.69. The lowest BCUT2D eigenvalue weighted by molar-refractivity contribution is -0.126. The number of nitrogens with zero attached hydrogens (tertiary/aromatic N) is 1. The SMILES string of the molecule is CN=C(NCCS(=O)(=O)c1ccccc1F)NC1CCCC(C(=O)NC(C)C)C1.I. The average molecular weight is 554 g/mol. The number of rotatable bonds is 7. The van der Waals surface area contributed by atoms with Crippen LogP contribution in [0.2, 0.25) is 0 Å². The van der Waals surface area contributed by atoms with Crippen LogP contribution in [0.15, 0.2) is 34.2 Å². The molecule has 2 unspecified atom stereocenters. The number of amides is 1. The molecule has 0 saturated heterocycles. The summed E-state index contributed by atoms with van der Waals surface area (Å²) in [5.41, 5.74) is 0. The van der Waals surface area contributed by atoms with E-state index in [-0.39, 0.29) is 65.1 Å². The van der Waals surface area contributed by atoms with Crippen LogP contribution >= 0.6 is 24.0 Å². The lowest BCUT2D eigenvalue weighted by atomic mass is 9.85. The van der Waals surface area contributed by atoms with Crippen LogP contribution in [0.25, 0.3) is 0 Å². The molecule has 1 aromatic carbocycles. The first-order valence-electron chi connectivity index (χ1n) is 9.97. The lowest BCUT2D eigenvalue weighted by Crippen LogP contribution is -2.48. The highest BCUT2D eigenvalue weighted by Gasteiger charge is 2.28. The van der Waals surface area contributed by atoms with Gasteiger partial charge in [-0.1, -0.05) is 18.6 Å². The third-order valence-electron chi connectivity index (χ3n) is 4.88. The van der Waals surface area contributed by atoms with E-state index in [0.717, 1.165) is 25.3 Å². The van der Waals surface area contributed by atoms with E-state index in [2.05, 4.69) is 20.9 Å². The Morgan fingerprint density at radius 1 is 1.27 bits per heavy atom. The number of halogens is 2. The molecule has 1 aliphatic carbocycles. The van der Waals surface area contributed by atoms with Gasteiger partial charge in [-0.3, -0.25) is 9.79 Å². The summed E-state index contributed by atoms with van der Waals surface area (Å²) in [6, 6.07) is 5.55. The van der Waals surface area contributed by atoms with E-state index >= 15 is 0 Å². The van der Waals surface area contributed by atoms with Crippen molar-refractivity contribution in [3.8, 4) is 0 Å². The molecule has 1 aromatic rings. The largest absolute Gasteiger partial charge is 0.355 e. The molecule has 0 spiro atoms. The van der Waals surface area contributed by atoms with Crippen LogP contribution in [0.5, 0.6) is 0 Å². The fourth-order valence-electron chi connectivity index (χ4n) is 3.46. The standard InChI is InChI=1S/C20H31FN4O3S.HI/c1-14(2)24-19(26)15-7-6-8-16(13-15)25-20(22-3)23-11-12-29(27,28)18-10-5-4-9-17(18)21;/h4-5,9-10,14-16H,6-8,11-13H2,1-3H3,(H,24,26)(H2,22,23,25);1H. The van der Waals surface area contributed by atoms with E-state index in [4.69, 9.17) is 0 Å². The summed E-state index contributed by atoms with van der Waals surface area (Å²) in [5.74, 6) is -0.487. The highest BCUT2D eigenvalue weighted by atomic mass is 127. The maximum atomic E-state index is 13.8. The molecule has 1 fully saturated rings. The van der Waals surface area contributed by atoms with E-state index in [1.165, 1.54) is 18.2 Å². The highest BCUT2D eigenvalue weighted by molar-refractivity contribution is 14.0. The number of nitrogens with one attached hydrogen (secondary N) is 3. The van der Waals surface area contributed by atoms with Gasteiger partial charge in [0, 0.05) is 31.6 Å². The van der Waals surface area contributed by atoms with E-state index in [0.29, 0.717) is 12.4 Å². The first-order chi connectivity index (χ1) is 13.7. The minimum absolute atomic E-state index is 0. The number of hydrogen-bond donors (Lipinski definition) is 3. The van der Waals surface area contributed by atoms with Crippen molar-refractivity contribution in [2.45, 2.75) is 56.5 Å². The molecule has 3 N–H and O–H groups in total. The summed E-state index contributed by atoms with van der Waals surface area (Å²) in [5, 5.41) is 9.21. The van der Waals surface area contributed by atoms with Gasteiger partial charge in [0.1, 0.15) is 10.7 Å². The molecule has 0 radical (unpaired) electrons. The maximum Gasteiger partial charge on any atom is 0.223 e. The van der Waals surface area contributed by atoms with Gasteiger partial charge in [0.2, 0.25) is 5.91 Å². The van der Waals surface area contributed by atoms with Crippen molar-refractivity contribution in [3.05, 3.63) is 30.1 Å². The molecule has 7 nitrogen and oxygen atoms in total. The van der Waals surface area contributed by atoms with Crippen molar-refractivity contribution in [2.75, 3.05) is 19.3 Å². The summed E-state index contributed by atoms with van der Waals surface area (Å²) in [7, 11) is -2.13. The van der Waals surface area contributed by atoms with Crippen molar-refractivity contribution in [3.63, 3.8) is 0 Å². The Morgan fingerprint density at radius 2 is 1.97 bits per heavy atom. The van der Waals surface area contributed by atoms with Gasteiger partial charge in [-0.2, -0.15) is 0 Å². The molecule has 0 bridgehead atoms. The molecule has 2 rings (SSSR count). The Kier molecular flexibility index (Phi) is 11.0. The summed E-state index contributed by atoms with van der Waals surface area (Å²) in [4.78, 5) is 16.1. The average Bonchev–Trinajstić information content (AvgIpc) is 2.67. The molecule has 10 heteroatoms. The van der Waals surface area contributed by atoms with Crippen LogP contribution < -0.4 is 16.0 Å². The Morgan fingerprint density at radius 3 is 2.60 bits per heavy atom. The van der Waals surface area contributed by atoms with Crippen LogP contribution in [0.1, 0.15) is 39.5 Å². The van der Waals surface area contributed by atoms with Crippen molar-refractivity contribution in [1.29, 1.82) is 0 Å². The van der Waals surface area contributed by atoms with Crippen LogP contribution in [0.4, 0.5) is 4.39 Å². The van der Waals surface area contributed by atoms with Gasteiger partial charge in [-0.05, 0) is 45.2 Å². The fourth-order valence-corrected chi connectivity index (χ4v) is 4.70. The first-order valence-corrected chi connectivity index (χ1v) is 11.6. The Hall–Kier alpha value is -1.43. The van der Waals surface area contributed by atoms with Crippen LogP contribution in [-0.2, 0) is 14.6 Å². The second kappa shape index (κ2) is 12.4. The summed E-state index contributed by atoms with van der Waals surface area (Å²) >= 11 is 0. The predicted molar refractivity (Wildman–Crippen MR) is 127 cm³/mol. The molecule has 1 aliphatic rings. The predicted octanol–water partition coefficient (Wildman–Crippen LogP) is 2.47. The normalized spacial score (nSPS) is 19.7. The van der Waals surface area contributed by atoms with E-state index < -0.39 is 15.7 Å². The zero-order valence-corrected chi connectivity index (χ0v) is 20.8. The number of benzene rings is 1. The third kappa shape index (κ3) is 8.01. The van der Waals surface area contributed by atoms with E-state index in [9.17, 15) is 17.6 Å². The van der Waals surface area contributed by atoms with Crippen LogP contribution in [0, 0.1) is 11.7 Å². The number of hydrogen-bond acceptors (Lipinski definition) is 4. The van der Waals surface area contributed by atoms with Gasteiger partial charge < -0.3 is 16.0 Å². The van der Waals surface area contributed by atoms with Gasteiger partial charge in [0.25, 0.3) is 0 Å². The molecular weight excluding hydrogens is 522 g/mol. The van der Waals surface area contributed by atoms with E-state index in [1.54, 1.807) is 7.05 Å². The Balaban J connectivity index is 0.00000450. The van der Waals surface area contributed by atoms with Crippen molar-refractivity contribution in [1.82, 2.24) is 16.0 Å². The number of carbonyl (C=O) groups excluding carboxylic acids is 1. The molecule has 1 saturated carbocycles. The molecule has 30 heavy (non-hydrogen) atoms. The highest BCUT2D eigenvalue weighted by Crippen LogP contribution is 2.24. The first kappa shape index (κ1) is 26.6. The zero-order valence-electron chi connectivity index (χ0n) is 17.7. The van der Waals surface area contributed by atoms with Crippen molar-refractivity contribution >= 4 is 45.7 Å². The molecule has 0 aromatic heterocycles. The molecule has 0 aliphatic heterocycles. The monoisotopic (exact) mass is 554 g/mol. The van der Waals surface area contributed by atoms with Gasteiger partial charge in [0.15, 0.2) is 15.8 Å². The molecule has 1 amide bonds. The Labute approximate surface area is 195 Å². The number of aliphatic imine (C=N–C) groups is 1. The summed E-state index contributed by atoms with van der Waals surface area (Å²) in [6.45, 7) is 3.98. The van der Waals surface area contributed by atoms with Crippen molar-refractivity contribution in [2.24, 2.45) is 10.9 Å². The van der Waals surface area contributed by atoms with E-state index in [1.807, 2.05) is 13.8 Å². The van der Waals surface area contributed by atoms with Gasteiger partial charge in [0.05, 0.1) is 5.75 Å². The topological polar surface area (TPSA) is 99.7 Å². The van der Waals surface area contributed by atoms with Gasteiger partial charge in [-0.25, -0.2) is 12.8 Å². The second-order valence-electron chi connectivity index (χ2n) is 7.62. The molecular formula is C20H32FIN4O3S. The summed E-state index contributed by atoms with van der Waals surface area (Å²) < 4.78 is 38.4. The third-order valence-corrected chi connectivity index (χ3v) is 6.62. The minimum Gasteiger partial charge on any atom is -0.355 e. The van der Waals surface area contributed by atoms with Gasteiger partial charge in [-0.15, -0.1) is 24.0 Å². The quantitative estimate of drug-likeness (QED) is 0.273. The molecule has 170 valence electrons. The Bertz CT molecular complexity index is 833. The maximum absolute atomic E-state index is 13.8. The smallest absolute Gasteiger partial charge is 0.223 e. The molecule has 0 heterocycles. The summed E-state index contributed by atoms with van der Waals surface area (Å²) in [6.07, 6.45) is 3.42. The number of carbonyl (C=O) groups is 1. The number of sulfone groups is 1.